The molecule has 0 bridgehead atoms. The van der Waals surface area contributed by atoms with Gasteiger partial charge in [-0.3, -0.25) is 0 Å². The number of rotatable bonds is 2. The summed E-state index contributed by atoms with van der Waals surface area (Å²) in [6.45, 7) is 0. The van der Waals surface area contributed by atoms with Gasteiger partial charge in [-0.25, -0.2) is 0 Å². The van der Waals surface area contributed by atoms with Crippen LogP contribution in [0.2, 0.25) is 0 Å². The summed E-state index contributed by atoms with van der Waals surface area (Å²) in [5.41, 5.74) is 5.14. The van der Waals surface area contributed by atoms with E-state index in [-0.39, 0.29) is 0 Å². The Morgan fingerprint density at radius 1 is 0.222 bits per heavy atom. The molecule has 0 aliphatic heterocycles. The second kappa shape index (κ2) is 7.41. The third-order valence-electron chi connectivity index (χ3n) is 7.82. The molecule has 36 heavy (non-hydrogen) atoms. The minimum atomic E-state index is 1.27. The monoisotopic (exact) mass is 454 g/mol. The van der Waals surface area contributed by atoms with E-state index in [1.54, 1.807) is 0 Å². The molecule has 0 unspecified atom stereocenters. The molecule has 0 heteroatoms. The van der Waals surface area contributed by atoms with Crippen LogP contribution < -0.4 is 0 Å². The predicted octanol–water partition coefficient (Wildman–Crippen LogP) is 10.2. The second-order valence-electron chi connectivity index (χ2n) is 9.70. The van der Waals surface area contributed by atoms with Crippen molar-refractivity contribution in [3.63, 3.8) is 0 Å². The zero-order chi connectivity index (χ0) is 23.6. The van der Waals surface area contributed by atoms with Gasteiger partial charge in [0.1, 0.15) is 0 Å². The maximum atomic E-state index is 2.32. The van der Waals surface area contributed by atoms with Crippen LogP contribution in [0.15, 0.2) is 133 Å². The Kier molecular flexibility index (Phi) is 4.03. The third kappa shape index (κ3) is 2.70. The van der Waals surface area contributed by atoms with E-state index in [0.29, 0.717) is 0 Å². The van der Waals surface area contributed by atoms with Crippen molar-refractivity contribution in [3.05, 3.63) is 133 Å². The maximum Gasteiger partial charge on any atom is -0.00206 e. The Hall–Kier alpha value is -4.68. The average Bonchev–Trinajstić information content (AvgIpc) is 2.95. The number of hydrogen-bond donors (Lipinski definition) is 0. The van der Waals surface area contributed by atoms with Crippen molar-refractivity contribution in [2.45, 2.75) is 0 Å². The fraction of sp³-hybridized carbons (Fsp3) is 0. The highest BCUT2D eigenvalue weighted by molar-refractivity contribution is 6.26. The maximum absolute atomic E-state index is 2.32. The molecule has 0 amide bonds. The van der Waals surface area contributed by atoms with Gasteiger partial charge < -0.3 is 0 Å². The lowest BCUT2D eigenvalue weighted by molar-refractivity contribution is 1.67. The Balaban J connectivity index is 1.45. The molecule has 0 saturated carbocycles. The summed E-state index contributed by atoms with van der Waals surface area (Å²) >= 11 is 0. The van der Waals surface area contributed by atoms with Crippen LogP contribution in [0.25, 0.3) is 76.1 Å². The van der Waals surface area contributed by atoms with Crippen molar-refractivity contribution >= 4 is 53.9 Å². The van der Waals surface area contributed by atoms with Gasteiger partial charge in [-0.1, -0.05) is 133 Å². The van der Waals surface area contributed by atoms with E-state index >= 15 is 0 Å². The molecule has 0 nitrogen and oxygen atoms in total. The summed E-state index contributed by atoms with van der Waals surface area (Å²) in [7, 11) is 0. The molecule has 0 aromatic heterocycles. The van der Waals surface area contributed by atoms with E-state index in [0.717, 1.165) is 0 Å². The van der Waals surface area contributed by atoms with Crippen molar-refractivity contribution < 1.29 is 0 Å². The van der Waals surface area contributed by atoms with E-state index in [9.17, 15) is 0 Å². The predicted molar refractivity (Wildman–Crippen MR) is 156 cm³/mol. The molecule has 0 N–H and O–H groups in total. The van der Waals surface area contributed by atoms with Gasteiger partial charge in [-0.2, -0.15) is 0 Å². The van der Waals surface area contributed by atoms with Gasteiger partial charge in [0.05, 0.1) is 0 Å². The Labute approximate surface area is 209 Å². The Morgan fingerprint density at radius 3 is 1.42 bits per heavy atom. The molecule has 0 aliphatic carbocycles. The smallest absolute Gasteiger partial charge is 0.00206 e. The van der Waals surface area contributed by atoms with Gasteiger partial charge in [0.15, 0.2) is 0 Å². The van der Waals surface area contributed by atoms with Gasteiger partial charge in [0.25, 0.3) is 0 Å². The minimum Gasteiger partial charge on any atom is -0.0616 e. The normalized spacial score (nSPS) is 11.9. The van der Waals surface area contributed by atoms with E-state index in [1.165, 1.54) is 76.1 Å². The quantitative estimate of drug-likeness (QED) is 0.228. The molecule has 0 fully saturated rings. The zero-order valence-electron chi connectivity index (χ0n) is 19.7. The highest BCUT2D eigenvalue weighted by atomic mass is 14.2. The topological polar surface area (TPSA) is 0 Å². The number of fused-ring (bicyclic) bond motifs is 2. The third-order valence-corrected chi connectivity index (χ3v) is 7.82. The lowest BCUT2D eigenvalue weighted by atomic mass is 9.86. The Morgan fingerprint density at radius 2 is 0.667 bits per heavy atom. The summed E-state index contributed by atoms with van der Waals surface area (Å²) < 4.78 is 0. The summed E-state index contributed by atoms with van der Waals surface area (Å²) in [6.07, 6.45) is 0. The van der Waals surface area contributed by atoms with Crippen LogP contribution in [0, 0.1) is 0 Å². The lowest BCUT2D eigenvalue weighted by Crippen LogP contribution is -1.90. The van der Waals surface area contributed by atoms with Gasteiger partial charge in [0.2, 0.25) is 0 Å². The van der Waals surface area contributed by atoms with Crippen molar-refractivity contribution in [1.29, 1.82) is 0 Å². The van der Waals surface area contributed by atoms with Crippen LogP contribution in [-0.2, 0) is 0 Å². The molecule has 0 spiro atoms. The molecule has 0 radical (unpaired) electrons. The van der Waals surface area contributed by atoms with Crippen molar-refractivity contribution in [2.24, 2.45) is 0 Å². The van der Waals surface area contributed by atoms with E-state index in [1.807, 2.05) is 0 Å². The first-order valence-electron chi connectivity index (χ1n) is 12.5. The first-order valence-corrected chi connectivity index (χ1v) is 12.5. The molecule has 8 rings (SSSR count). The van der Waals surface area contributed by atoms with E-state index in [4.69, 9.17) is 0 Å². The van der Waals surface area contributed by atoms with Crippen LogP contribution >= 0.6 is 0 Å². The van der Waals surface area contributed by atoms with Gasteiger partial charge in [0, 0.05) is 0 Å². The zero-order valence-corrected chi connectivity index (χ0v) is 19.7. The average molecular weight is 455 g/mol. The summed E-state index contributed by atoms with van der Waals surface area (Å²) in [4.78, 5) is 0. The first-order chi connectivity index (χ1) is 17.9. The van der Waals surface area contributed by atoms with E-state index < -0.39 is 0 Å². The van der Waals surface area contributed by atoms with Crippen molar-refractivity contribution in [2.75, 3.05) is 0 Å². The second-order valence-corrected chi connectivity index (χ2v) is 9.70. The fourth-order valence-corrected chi connectivity index (χ4v) is 6.20. The van der Waals surface area contributed by atoms with Gasteiger partial charge in [-0.05, 0) is 76.1 Å². The molecule has 0 aliphatic rings. The molecule has 0 heterocycles. The van der Waals surface area contributed by atoms with Crippen molar-refractivity contribution in [3.8, 4) is 22.3 Å². The molecule has 8 aromatic rings. The molecule has 0 saturated heterocycles. The SMILES string of the molecule is c1ccc2c(-c3ccc(-c4ccc5ccc6cccc7ccc4c5c67)c4ccccc34)cccc2c1. The summed E-state index contributed by atoms with van der Waals surface area (Å²) in [5, 5.41) is 13.1. The highest BCUT2D eigenvalue weighted by Gasteiger charge is 2.15. The standard InChI is InChI=1S/C36H22/c1-2-11-27-23(7-1)8-6-14-28(27)31-21-22-32(30-13-4-3-12-29(30)31)33-19-17-26-16-15-24-9-5-10-25-18-20-34(33)36(26)35(24)25/h1-22H. The highest BCUT2D eigenvalue weighted by Crippen LogP contribution is 2.43. The van der Waals surface area contributed by atoms with Crippen LogP contribution in [0.1, 0.15) is 0 Å². The number of hydrogen-bond acceptors (Lipinski definition) is 0. The minimum absolute atomic E-state index is 1.27. The molecular weight excluding hydrogens is 432 g/mol. The van der Waals surface area contributed by atoms with Crippen molar-refractivity contribution in [1.82, 2.24) is 0 Å². The molecule has 166 valence electrons. The summed E-state index contributed by atoms with van der Waals surface area (Å²) in [6, 6.07) is 49.1. The number of benzene rings is 8. The molecule has 0 atom stereocenters. The van der Waals surface area contributed by atoms with Crippen LogP contribution in [0.4, 0.5) is 0 Å². The van der Waals surface area contributed by atoms with E-state index in [2.05, 4.69) is 133 Å². The summed E-state index contributed by atoms with van der Waals surface area (Å²) in [5.74, 6) is 0. The first kappa shape index (κ1) is 19.6. The van der Waals surface area contributed by atoms with Gasteiger partial charge in [-0.15, -0.1) is 0 Å². The van der Waals surface area contributed by atoms with Crippen LogP contribution in [0.5, 0.6) is 0 Å². The fourth-order valence-electron chi connectivity index (χ4n) is 6.20. The molecular formula is C36H22. The van der Waals surface area contributed by atoms with Gasteiger partial charge >= 0.3 is 0 Å². The molecule has 8 aromatic carbocycles. The Bertz CT molecular complexity index is 2070. The van der Waals surface area contributed by atoms with Crippen LogP contribution in [-0.4, -0.2) is 0 Å². The lowest BCUT2D eigenvalue weighted by Gasteiger charge is -2.17. The van der Waals surface area contributed by atoms with Crippen LogP contribution in [0.3, 0.4) is 0 Å². The largest absolute Gasteiger partial charge is 0.0616 e.